The third-order valence-electron chi connectivity index (χ3n) is 3.24. The molecule has 4 heteroatoms. The van der Waals surface area contributed by atoms with Crippen LogP contribution < -0.4 is 0 Å². The summed E-state index contributed by atoms with van der Waals surface area (Å²) in [6.45, 7) is 1.97. The number of esters is 1. The van der Waals surface area contributed by atoms with Gasteiger partial charge in [-0.05, 0) is 24.6 Å². The van der Waals surface area contributed by atoms with Gasteiger partial charge in [0.05, 0.1) is 18.2 Å². The molecule has 0 saturated heterocycles. The van der Waals surface area contributed by atoms with Crippen LogP contribution >= 0.6 is 0 Å². The van der Waals surface area contributed by atoms with Crippen molar-refractivity contribution in [3.63, 3.8) is 0 Å². The largest absolute Gasteiger partial charge is 0.478 e. The summed E-state index contributed by atoms with van der Waals surface area (Å²) in [5.41, 5.74) is 2.51. The lowest BCUT2D eigenvalue weighted by Crippen LogP contribution is -2.09. The van der Waals surface area contributed by atoms with Crippen LogP contribution in [-0.2, 0) is 9.53 Å². The molecule has 0 aliphatic carbocycles. The Kier molecular flexibility index (Phi) is 4.73. The molecule has 4 nitrogen and oxygen atoms in total. The highest BCUT2D eigenvalue weighted by atomic mass is 16.5. The summed E-state index contributed by atoms with van der Waals surface area (Å²) in [6.07, 6.45) is 1.63. The average Bonchev–Trinajstić information content (AvgIpc) is 2.53. The third-order valence-corrected chi connectivity index (χ3v) is 3.24. The Morgan fingerprint density at radius 3 is 2.14 bits per heavy atom. The van der Waals surface area contributed by atoms with Gasteiger partial charge >= 0.3 is 11.9 Å². The van der Waals surface area contributed by atoms with Gasteiger partial charge in [-0.2, -0.15) is 0 Å². The Balaban J connectivity index is 2.59. The summed E-state index contributed by atoms with van der Waals surface area (Å²) >= 11 is 0. The Morgan fingerprint density at radius 2 is 1.59 bits per heavy atom. The van der Waals surface area contributed by atoms with Crippen LogP contribution in [0.3, 0.4) is 0 Å². The molecule has 0 radical (unpaired) electrons. The topological polar surface area (TPSA) is 63.6 Å². The van der Waals surface area contributed by atoms with Crippen molar-refractivity contribution in [1.29, 1.82) is 0 Å². The van der Waals surface area contributed by atoms with Crippen LogP contribution in [-0.4, -0.2) is 24.2 Å². The average molecular weight is 296 g/mol. The Hall–Kier alpha value is -2.88. The molecule has 112 valence electrons. The molecule has 0 aromatic heterocycles. The van der Waals surface area contributed by atoms with Gasteiger partial charge in [-0.15, -0.1) is 0 Å². The molecular formula is C18H16O4. The van der Waals surface area contributed by atoms with Gasteiger partial charge in [-0.25, -0.2) is 9.59 Å². The molecule has 2 rings (SSSR count). The van der Waals surface area contributed by atoms with Crippen LogP contribution in [0.15, 0.2) is 48.5 Å². The van der Waals surface area contributed by atoms with Gasteiger partial charge in [0, 0.05) is 5.56 Å². The number of aromatic carboxylic acids is 1. The standard InChI is InChI=1S/C18H16O4/c1-12-7-9-13(10-8-12)11-16(18(21)22-2)14-5-3-4-6-15(14)17(19)20/h3-11H,1-2H3,(H,19,20)/b16-11+. The van der Waals surface area contributed by atoms with E-state index in [1.54, 1.807) is 24.3 Å². The number of carboxylic acid groups (broad SMARTS) is 1. The highest BCUT2D eigenvalue weighted by molar-refractivity contribution is 6.23. The minimum atomic E-state index is -1.09. The van der Waals surface area contributed by atoms with E-state index in [2.05, 4.69) is 0 Å². The van der Waals surface area contributed by atoms with Gasteiger partial charge in [0.1, 0.15) is 0 Å². The van der Waals surface area contributed by atoms with Gasteiger partial charge in [0.15, 0.2) is 0 Å². The molecule has 0 atom stereocenters. The molecule has 0 heterocycles. The zero-order valence-electron chi connectivity index (χ0n) is 12.4. The summed E-state index contributed by atoms with van der Waals surface area (Å²) in [4.78, 5) is 23.4. The molecule has 1 N–H and O–H groups in total. The fourth-order valence-electron chi connectivity index (χ4n) is 2.09. The van der Waals surface area contributed by atoms with E-state index in [0.29, 0.717) is 5.56 Å². The van der Waals surface area contributed by atoms with Crippen LogP contribution in [0.4, 0.5) is 0 Å². The van der Waals surface area contributed by atoms with E-state index in [9.17, 15) is 14.7 Å². The first-order chi connectivity index (χ1) is 10.5. The second-order valence-electron chi connectivity index (χ2n) is 4.81. The summed E-state index contributed by atoms with van der Waals surface area (Å²) in [7, 11) is 1.27. The van der Waals surface area contributed by atoms with E-state index in [0.717, 1.165) is 11.1 Å². The van der Waals surface area contributed by atoms with Crippen molar-refractivity contribution in [3.05, 3.63) is 70.8 Å². The second-order valence-corrected chi connectivity index (χ2v) is 4.81. The maximum Gasteiger partial charge on any atom is 0.338 e. The van der Waals surface area contributed by atoms with E-state index in [1.165, 1.54) is 13.2 Å². The van der Waals surface area contributed by atoms with Crippen molar-refractivity contribution >= 4 is 23.6 Å². The molecule has 0 unspecified atom stereocenters. The molecule has 0 bridgehead atoms. The van der Waals surface area contributed by atoms with Crippen molar-refractivity contribution in [1.82, 2.24) is 0 Å². The lowest BCUT2D eigenvalue weighted by Gasteiger charge is -2.09. The monoisotopic (exact) mass is 296 g/mol. The first-order valence-corrected chi connectivity index (χ1v) is 6.72. The van der Waals surface area contributed by atoms with Crippen LogP contribution in [0.25, 0.3) is 11.6 Å². The minimum Gasteiger partial charge on any atom is -0.478 e. The number of ether oxygens (including phenoxy) is 1. The van der Waals surface area contributed by atoms with Gasteiger partial charge in [-0.1, -0.05) is 48.0 Å². The molecule has 22 heavy (non-hydrogen) atoms. The smallest absolute Gasteiger partial charge is 0.338 e. The quantitative estimate of drug-likeness (QED) is 0.533. The number of rotatable bonds is 4. The third kappa shape index (κ3) is 3.41. The molecule has 0 saturated carbocycles. The van der Waals surface area contributed by atoms with E-state index >= 15 is 0 Å². The molecular weight excluding hydrogens is 280 g/mol. The van der Waals surface area contributed by atoms with Crippen LogP contribution in [0, 0.1) is 6.92 Å². The van der Waals surface area contributed by atoms with E-state index in [1.807, 2.05) is 31.2 Å². The van der Waals surface area contributed by atoms with E-state index in [-0.39, 0.29) is 11.1 Å². The van der Waals surface area contributed by atoms with Crippen molar-refractivity contribution < 1.29 is 19.4 Å². The highest BCUT2D eigenvalue weighted by Crippen LogP contribution is 2.23. The zero-order valence-corrected chi connectivity index (χ0v) is 12.4. The van der Waals surface area contributed by atoms with Crippen molar-refractivity contribution in [2.24, 2.45) is 0 Å². The van der Waals surface area contributed by atoms with E-state index in [4.69, 9.17) is 4.74 Å². The predicted molar refractivity (Wildman–Crippen MR) is 84.5 cm³/mol. The van der Waals surface area contributed by atoms with Crippen molar-refractivity contribution in [2.75, 3.05) is 7.11 Å². The molecule has 2 aromatic rings. The van der Waals surface area contributed by atoms with Gasteiger partial charge < -0.3 is 9.84 Å². The van der Waals surface area contributed by atoms with Crippen molar-refractivity contribution in [3.8, 4) is 0 Å². The van der Waals surface area contributed by atoms with Gasteiger partial charge in [0.2, 0.25) is 0 Å². The van der Waals surface area contributed by atoms with Crippen LogP contribution in [0.1, 0.15) is 27.0 Å². The molecule has 0 amide bonds. The first-order valence-electron chi connectivity index (χ1n) is 6.72. The van der Waals surface area contributed by atoms with Crippen LogP contribution in [0.5, 0.6) is 0 Å². The Morgan fingerprint density at radius 1 is 1.00 bits per heavy atom. The number of carboxylic acids is 1. The zero-order chi connectivity index (χ0) is 16.1. The van der Waals surface area contributed by atoms with Crippen molar-refractivity contribution in [2.45, 2.75) is 6.92 Å². The number of hydrogen-bond acceptors (Lipinski definition) is 3. The van der Waals surface area contributed by atoms with Gasteiger partial charge in [0.25, 0.3) is 0 Å². The SMILES string of the molecule is COC(=O)/C(=C/c1ccc(C)cc1)c1ccccc1C(=O)O. The fraction of sp³-hybridized carbons (Fsp3) is 0.111. The molecule has 0 aliphatic heterocycles. The number of aryl methyl sites for hydroxylation is 1. The Labute approximate surface area is 128 Å². The molecule has 0 aliphatic rings. The normalized spacial score (nSPS) is 11.1. The number of methoxy groups -OCH3 is 1. The number of carbonyl (C=O) groups is 2. The number of benzene rings is 2. The number of carbonyl (C=O) groups excluding carboxylic acids is 1. The van der Waals surface area contributed by atoms with Gasteiger partial charge in [-0.3, -0.25) is 0 Å². The minimum absolute atomic E-state index is 0.0614. The second kappa shape index (κ2) is 6.72. The Bertz CT molecular complexity index is 727. The summed E-state index contributed by atoms with van der Waals surface area (Å²) in [5, 5.41) is 9.29. The maximum absolute atomic E-state index is 12.1. The predicted octanol–water partition coefficient (Wildman–Crippen LogP) is 3.41. The molecule has 0 fully saturated rings. The lowest BCUT2D eigenvalue weighted by atomic mass is 9.97. The first kappa shape index (κ1) is 15.5. The molecule has 0 spiro atoms. The maximum atomic E-state index is 12.1. The van der Waals surface area contributed by atoms with Crippen LogP contribution in [0.2, 0.25) is 0 Å². The fourth-order valence-corrected chi connectivity index (χ4v) is 2.09. The molecule has 2 aromatic carbocycles. The summed E-state index contributed by atoms with van der Waals surface area (Å²) in [5.74, 6) is -1.66. The van der Waals surface area contributed by atoms with E-state index < -0.39 is 11.9 Å². The number of hydrogen-bond donors (Lipinski definition) is 1. The lowest BCUT2D eigenvalue weighted by molar-refractivity contribution is -0.133. The highest BCUT2D eigenvalue weighted by Gasteiger charge is 2.19. The summed E-state index contributed by atoms with van der Waals surface area (Å²) in [6, 6.07) is 13.9. The summed E-state index contributed by atoms with van der Waals surface area (Å²) < 4.78 is 4.80.